The van der Waals surface area contributed by atoms with Crippen molar-refractivity contribution in [2.24, 2.45) is 0 Å². The molecule has 152 valence electrons. The minimum Gasteiger partial charge on any atom is -0.340 e. The molecule has 0 radical (unpaired) electrons. The monoisotopic (exact) mass is 406 g/mol. The Bertz CT molecular complexity index is 972. The molecule has 1 saturated heterocycles. The van der Waals surface area contributed by atoms with Gasteiger partial charge in [0.2, 0.25) is 0 Å². The van der Waals surface area contributed by atoms with Crippen molar-refractivity contribution in [2.75, 3.05) is 0 Å². The Hall–Kier alpha value is -3.62. The molecule has 1 aliphatic rings. The average molecular weight is 406 g/mol. The van der Waals surface area contributed by atoms with Crippen LogP contribution in [0.15, 0.2) is 78.9 Å². The van der Waals surface area contributed by atoms with Gasteiger partial charge in [0.1, 0.15) is 0 Å². The van der Waals surface area contributed by atoms with E-state index >= 15 is 0 Å². The number of ether oxygens (including phenoxy) is 2. The van der Waals surface area contributed by atoms with Crippen molar-refractivity contribution >= 4 is 11.4 Å². The third kappa shape index (κ3) is 4.19. The van der Waals surface area contributed by atoms with E-state index in [2.05, 4.69) is 0 Å². The molecule has 0 amide bonds. The Morgan fingerprint density at radius 3 is 1.53 bits per heavy atom. The van der Waals surface area contributed by atoms with Gasteiger partial charge in [-0.25, -0.2) is 0 Å². The van der Waals surface area contributed by atoms with Gasteiger partial charge in [0.05, 0.1) is 22.1 Å². The fourth-order valence-corrected chi connectivity index (χ4v) is 3.45. The van der Waals surface area contributed by atoms with E-state index in [4.69, 9.17) is 9.47 Å². The van der Waals surface area contributed by atoms with Crippen LogP contribution in [0, 0.1) is 20.2 Å². The molecule has 0 aliphatic carbocycles. The zero-order valence-corrected chi connectivity index (χ0v) is 15.8. The van der Waals surface area contributed by atoms with Gasteiger partial charge in [-0.2, -0.15) is 0 Å². The first-order chi connectivity index (χ1) is 14.5. The first kappa shape index (κ1) is 19.7. The summed E-state index contributed by atoms with van der Waals surface area (Å²) in [6.07, 6.45) is -0.819. The third-order valence-corrected chi connectivity index (χ3v) is 5.03. The normalized spacial score (nSPS) is 21.1. The van der Waals surface area contributed by atoms with Gasteiger partial charge < -0.3 is 9.47 Å². The zero-order valence-electron chi connectivity index (χ0n) is 15.8. The molecular weight excluding hydrogens is 388 g/mol. The molecule has 4 rings (SSSR count). The molecule has 3 aromatic rings. The summed E-state index contributed by atoms with van der Waals surface area (Å²) in [5, 5.41) is 21.9. The van der Waals surface area contributed by atoms with Gasteiger partial charge >= 0.3 is 0 Å². The largest absolute Gasteiger partial charge is 0.340 e. The third-order valence-electron chi connectivity index (χ3n) is 5.03. The molecule has 3 aromatic carbocycles. The molecule has 1 heterocycles. The lowest BCUT2D eigenvalue weighted by Gasteiger charge is -2.36. The lowest BCUT2D eigenvalue weighted by Crippen LogP contribution is -2.24. The van der Waals surface area contributed by atoms with Gasteiger partial charge in [-0.1, -0.05) is 30.3 Å². The smallest absolute Gasteiger partial charge is 0.269 e. The van der Waals surface area contributed by atoms with Crippen molar-refractivity contribution in [3.63, 3.8) is 0 Å². The fraction of sp³-hybridized carbons (Fsp3) is 0.182. The number of benzene rings is 3. The van der Waals surface area contributed by atoms with Gasteiger partial charge in [0, 0.05) is 36.2 Å². The molecule has 1 aliphatic heterocycles. The van der Waals surface area contributed by atoms with E-state index in [-0.39, 0.29) is 23.6 Å². The van der Waals surface area contributed by atoms with Crippen molar-refractivity contribution in [2.45, 2.75) is 24.9 Å². The molecule has 30 heavy (non-hydrogen) atoms. The Morgan fingerprint density at radius 1 is 0.633 bits per heavy atom. The van der Waals surface area contributed by atoms with E-state index in [1.54, 1.807) is 24.3 Å². The number of hydrogen-bond acceptors (Lipinski definition) is 6. The Morgan fingerprint density at radius 2 is 1.07 bits per heavy atom. The SMILES string of the molecule is O=[N+]([O-])c1ccc(C2CC(c3ccccc3)OC(c3ccc([N+](=O)[O-])cc3)O2)cc1. The highest BCUT2D eigenvalue weighted by molar-refractivity contribution is 5.35. The highest BCUT2D eigenvalue weighted by Crippen LogP contribution is 2.44. The molecule has 3 unspecified atom stereocenters. The molecule has 0 saturated carbocycles. The standard InChI is InChI=1S/C22H18N2O6/c25-23(26)18-10-6-16(7-11-18)21-14-20(15-4-2-1-3-5-15)29-22(30-21)17-8-12-19(13-9-17)24(27)28/h1-13,20-22H,14H2. The maximum Gasteiger partial charge on any atom is 0.269 e. The van der Waals surface area contributed by atoms with Crippen LogP contribution in [-0.4, -0.2) is 9.85 Å². The second-order valence-corrected chi connectivity index (χ2v) is 6.93. The Kier molecular flexibility index (Phi) is 5.51. The van der Waals surface area contributed by atoms with E-state index in [1.807, 2.05) is 30.3 Å². The summed E-state index contributed by atoms with van der Waals surface area (Å²) in [6, 6.07) is 22.0. The van der Waals surface area contributed by atoms with E-state index in [9.17, 15) is 20.2 Å². The molecule has 8 heteroatoms. The Balaban J connectivity index is 1.64. The minimum atomic E-state index is -0.732. The first-order valence-corrected chi connectivity index (χ1v) is 9.36. The molecule has 8 nitrogen and oxygen atoms in total. The molecule has 0 bridgehead atoms. The van der Waals surface area contributed by atoms with Crippen LogP contribution < -0.4 is 0 Å². The molecule has 0 N–H and O–H groups in total. The number of nitro groups is 2. The van der Waals surface area contributed by atoms with E-state index < -0.39 is 16.1 Å². The molecule has 0 spiro atoms. The van der Waals surface area contributed by atoms with Crippen molar-refractivity contribution in [3.05, 3.63) is 116 Å². The highest BCUT2D eigenvalue weighted by atomic mass is 16.7. The highest BCUT2D eigenvalue weighted by Gasteiger charge is 2.33. The molecule has 0 aromatic heterocycles. The van der Waals surface area contributed by atoms with Gasteiger partial charge in [0.25, 0.3) is 11.4 Å². The average Bonchev–Trinajstić information content (AvgIpc) is 2.79. The maximum atomic E-state index is 10.9. The van der Waals surface area contributed by atoms with Crippen LogP contribution in [0.5, 0.6) is 0 Å². The predicted molar refractivity (Wildman–Crippen MR) is 108 cm³/mol. The summed E-state index contributed by atoms with van der Waals surface area (Å²) >= 11 is 0. The maximum absolute atomic E-state index is 10.9. The van der Waals surface area contributed by atoms with Gasteiger partial charge in [-0.05, 0) is 35.4 Å². The van der Waals surface area contributed by atoms with Gasteiger partial charge in [0.15, 0.2) is 6.29 Å². The predicted octanol–water partition coefficient (Wildman–Crippen LogP) is 5.42. The van der Waals surface area contributed by atoms with Crippen molar-refractivity contribution in [1.82, 2.24) is 0 Å². The van der Waals surface area contributed by atoms with Crippen LogP contribution in [0.2, 0.25) is 0 Å². The first-order valence-electron chi connectivity index (χ1n) is 9.36. The van der Waals surface area contributed by atoms with Crippen LogP contribution in [0.1, 0.15) is 41.6 Å². The molecule has 1 fully saturated rings. The van der Waals surface area contributed by atoms with E-state index in [0.717, 1.165) is 11.1 Å². The second-order valence-electron chi connectivity index (χ2n) is 6.93. The van der Waals surface area contributed by atoms with Crippen molar-refractivity contribution in [1.29, 1.82) is 0 Å². The lowest BCUT2D eigenvalue weighted by molar-refractivity contribution is -0.385. The van der Waals surface area contributed by atoms with E-state index in [0.29, 0.717) is 12.0 Å². The fourth-order valence-electron chi connectivity index (χ4n) is 3.45. The van der Waals surface area contributed by atoms with Crippen LogP contribution in [0.25, 0.3) is 0 Å². The lowest BCUT2D eigenvalue weighted by atomic mass is 9.96. The number of hydrogen-bond donors (Lipinski definition) is 0. The van der Waals surface area contributed by atoms with E-state index in [1.165, 1.54) is 24.3 Å². The summed E-state index contributed by atoms with van der Waals surface area (Å²) in [5.41, 5.74) is 2.45. The number of non-ortho nitro benzene ring substituents is 2. The minimum absolute atomic E-state index is 0.0114. The van der Waals surface area contributed by atoms with Gasteiger partial charge in [-0.15, -0.1) is 0 Å². The number of rotatable bonds is 5. The van der Waals surface area contributed by atoms with Crippen molar-refractivity contribution < 1.29 is 19.3 Å². The summed E-state index contributed by atoms with van der Waals surface area (Å²) in [5.74, 6) is 0. The summed E-state index contributed by atoms with van der Waals surface area (Å²) < 4.78 is 12.3. The quantitative estimate of drug-likeness (QED) is 0.414. The number of nitrogens with zero attached hydrogens (tertiary/aromatic N) is 2. The zero-order chi connectivity index (χ0) is 21.1. The second kappa shape index (κ2) is 8.40. The van der Waals surface area contributed by atoms with Crippen LogP contribution in [-0.2, 0) is 9.47 Å². The van der Waals surface area contributed by atoms with Crippen LogP contribution in [0.3, 0.4) is 0 Å². The van der Waals surface area contributed by atoms with Crippen LogP contribution >= 0.6 is 0 Å². The Labute approximate surface area is 172 Å². The topological polar surface area (TPSA) is 105 Å². The summed E-state index contributed by atoms with van der Waals surface area (Å²) in [7, 11) is 0. The summed E-state index contributed by atoms with van der Waals surface area (Å²) in [4.78, 5) is 21.0. The molecule has 3 atom stereocenters. The number of nitro benzene ring substituents is 2. The summed E-state index contributed by atoms with van der Waals surface area (Å²) in [6.45, 7) is 0. The van der Waals surface area contributed by atoms with Crippen molar-refractivity contribution in [3.8, 4) is 0 Å². The van der Waals surface area contributed by atoms with Gasteiger partial charge in [-0.3, -0.25) is 20.2 Å². The molecular formula is C22H18N2O6. The van der Waals surface area contributed by atoms with Crippen LogP contribution in [0.4, 0.5) is 11.4 Å².